The highest BCUT2D eigenvalue weighted by Crippen LogP contribution is 2.07. The Labute approximate surface area is 113 Å². The van der Waals surface area contributed by atoms with Crippen molar-refractivity contribution in [3.05, 3.63) is 0 Å². The van der Waals surface area contributed by atoms with E-state index >= 15 is 0 Å². The fraction of sp³-hybridized carbons (Fsp3) is 0.833. The molecular formula is C12H24N2O3S. The number of carbonyl (C=O) groups is 2. The van der Waals surface area contributed by atoms with Crippen molar-refractivity contribution in [3.8, 4) is 0 Å². The lowest BCUT2D eigenvalue weighted by molar-refractivity contribution is -0.145. The van der Waals surface area contributed by atoms with Crippen LogP contribution in [-0.2, 0) is 14.3 Å². The van der Waals surface area contributed by atoms with E-state index in [-0.39, 0.29) is 11.9 Å². The monoisotopic (exact) mass is 276 g/mol. The minimum atomic E-state index is -0.557. The highest BCUT2D eigenvalue weighted by atomic mass is 32.2. The number of esters is 1. The average Bonchev–Trinajstić information content (AvgIpc) is 2.25. The molecule has 0 fully saturated rings. The lowest BCUT2D eigenvalue weighted by atomic mass is 10.0. The van der Waals surface area contributed by atoms with Gasteiger partial charge in [0.25, 0.3) is 0 Å². The lowest BCUT2D eigenvalue weighted by Gasteiger charge is -2.18. The number of hydrogen-bond acceptors (Lipinski definition) is 5. The van der Waals surface area contributed by atoms with Gasteiger partial charge in [0.15, 0.2) is 0 Å². The summed E-state index contributed by atoms with van der Waals surface area (Å²) in [5.74, 6) is 0.797. The molecule has 0 saturated heterocycles. The maximum atomic E-state index is 11.7. The maximum absolute atomic E-state index is 11.7. The molecule has 106 valence electrons. The highest BCUT2D eigenvalue weighted by Gasteiger charge is 2.22. The molecule has 0 aliphatic rings. The van der Waals surface area contributed by atoms with E-state index in [0.717, 1.165) is 5.75 Å². The summed E-state index contributed by atoms with van der Waals surface area (Å²) in [5.41, 5.74) is 5.59. The second-order valence-corrected chi connectivity index (χ2v) is 5.80. The highest BCUT2D eigenvalue weighted by molar-refractivity contribution is 7.99. The molecule has 1 amide bonds. The summed E-state index contributed by atoms with van der Waals surface area (Å²) in [4.78, 5) is 23.2. The van der Waals surface area contributed by atoms with Crippen LogP contribution in [0.4, 0.5) is 0 Å². The van der Waals surface area contributed by atoms with E-state index < -0.39 is 12.0 Å². The number of thioether (sulfide) groups is 1. The molecule has 0 rings (SSSR count). The summed E-state index contributed by atoms with van der Waals surface area (Å²) in [6, 6.07) is -0.492. The van der Waals surface area contributed by atoms with Gasteiger partial charge in [-0.1, -0.05) is 13.8 Å². The third kappa shape index (κ3) is 8.36. The molecule has 0 aromatic rings. The van der Waals surface area contributed by atoms with Crippen molar-refractivity contribution < 1.29 is 14.3 Å². The Kier molecular flexibility index (Phi) is 8.83. The van der Waals surface area contributed by atoms with Crippen molar-refractivity contribution in [2.45, 2.75) is 39.3 Å². The maximum Gasteiger partial charge on any atom is 0.328 e. The second-order valence-electron chi connectivity index (χ2n) is 4.77. The molecule has 5 nitrogen and oxygen atoms in total. The Morgan fingerprint density at radius 1 is 1.33 bits per heavy atom. The van der Waals surface area contributed by atoms with Crippen LogP contribution in [-0.4, -0.2) is 42.6 Å². The number of nitrogens with one attached hydrogen (secondary N) is 1. The van der Waals surface area contributed by atoms with Gasteiger partial charge in [-0.3, -0.25) is 4.79 Å². The zero-order chi connectivity index (χ0) is 14.1. The number of carbonyl (C=O) groups excluding carboxylic acids is 2. The summed E-state index contributed by atoms with van der Waals surface area (Å²) in [6.07, 6.45) is 0.580. The zero-order valence-electron chi connectivity index (χ0n) is 11.6. The van der Waals surface area contributed by atoms with E-state index in [4.69, 9.17) is 5.73 Å². The quantitative estimate of drug-likeness (QED) is 0.640. The molecule has 2 atom stereocenters. The fourth-order valence-corrected chi connectivity index (χ4v) is 2.16. The molecule has 0 heterocycles. The van der Waals surface area contributed by atoms with Gasteiger partial charge in [0.2, 0.25) is 5.91 Å². The summed E-state index contributed by atoms with van der Waals surface area (Å²) < 4.78 is 4.68. The summed E-state index contributed by atoms with van der Waals surface area (Å²) in [6.45, 7) is 5.88. The van der Waals surface area contributed by atoms with Crippen molar-refractivity contribution in [1.82, 2.24) is 5.32 Å². The van der Waals surface area contributed by atoms with Gasteiger partial charge in [-0.05, 0) is 19.3 Å². The number of hydrogen-bond donors (Lipinski definition) is 2. The van der Waals surface area contributed by atoms with Crippen LogP contribution in [0.15, 0.2) is 0 Å². The summed E-state index contributed by atoms with van der Waals surface area (Å²) in [5, 5.41) is 2.70. The Bertz CT molecular complexity index is 270. The van der Waals surface area contributed by atoms with Gasteiger partial charge < -0.3 is 15.8 Å². The molecule has 0 aromatic heterocycles. The molecule has 0 aliphatic heterocycles. The molecular weight excluding hydrogens is 252 g/mol. The van der Waals surface area contributed by atoms with E-state index in [1.54, 1.807) is 0 Å². The van der Waals surface area contributed by atoms with Crippen LogP contribution < -0.4 is 11.1 Å². The minimum absolute atomic E-state index is 0.0647. The van der Waals surface area contributed by atoms with Crippen molar-refractivity contribution in [1.29, 1.82) is 0 Å². The van der Waals surface area contributed by atoms with E-state index in [1.165, 1.54) is 18.9 Å². The topological polar surface area (TPSA) is 81.4 Å². The minimum Gasteiger partial charge on any atom is -0.467 e. The molecule has 6 heteroatoms. The Hall–Kier alpha value is -0.750. The van der Waals surface area contributed by atoms with Crippen LogP contribution in [0.3, 0.4) is 0 Å². The van der Waals surface area contributed by atoms with Crippen molar-refractivity contribution in [2.24, 2.45) is 11.7 Å². The predicted octanol–water partition coefficient (Wildman–Crippen LogP) is 0.771. The van der Waals surface area contributed by atoms with Gasteiger partial charge in [0.05, 0.1) is 12.9 Å². The lowest BCUT2D eigenvalue weighted by Crippen LogP contribution is -2.43. The standard InChI is InChI=1S/C12H24N2O3S/c1-8(2)5-10(12(16)17-4)14-11(15)7-18-6-9(3)13/h8-10H,5-7,13H2,1-4H3,(H,14,15). The van der Waals surface area contributed by atoms with E-state index in [1.807, 2.05) is 20.8 Å². The van der Waals surface area contributed by atoms with Crippen molar-refractivity contribution >= 4 is 23.6 Å². The molecule has 0 bridgehead atoms. The number of rotatable bonds is 8. The zero-order valence-corrected chi connectivity index (χ0v) is 12.4. The van der Waals surface area contributed by atoms with Crippen LogP contribution in [0.2, 0.25) is 0 Å². The van der Waals surface area contributed by atoms with Gasteiger partial charge in [-0.2, -0.15) is 11.8 Å². The third-order valence-electron chi connectivity index (χ3n) is 2.14. The Morgan fingerprint density at radius 3 is 2.39 bits per heavy atom. The predicted molar refractivity (Wildman–Crippen MR) is 74.4 cm³/mol. The van der Waals surface area contributed by atoms with E-state index in [9.17, 15) is 9.59 Å². The SMILES string of the molecule is COC(=O)C(CC(C)C)NC(=O)CSCC(C)N. The Balaban J connectivity index is 4.14. The number of amides is 1. The van der Waals surface area contributed by atoms with Gasteiger partial charge in [0, 0.05) is 11.8 Å². The van der Waals surface area contributed by atoms with Crippen LogP contribution in [0.5, 0.6) is 0 Å². The first-order valence-corrected chi connectivity index (χ1v) is 7.22. The molecule has 3 N–H and O–H groups in total. The van der Waals surface area contributed by atoms with Crippen LogP contribution in [0.1, 0.15) is 27.2 Å². The Morgan fingerprint density at radius 2 is 1.94 bits per heavy atom. The second kappa shape index (κ2) is 9.22. The number of ether oxygens (including phenoxy) is 1. The molecule has 0 spiro atoms. The fourth-order valence-electron chi connectivity index (χ4n) is 1.40. The van der Waals surface area contributed by atoms with Gasteiger partial charge >= 0.3 is 5.97 Å². The summed E-state index contributed by atoms with van der Waals surface area (Å²) >= 11 is 1.46. The normalized spacial score (nSPS) is 14.1. The number of methoxy groups -OCH3 is 1. The van der Waals surface area contributed by atoms with E-state index in [2.05, 4.69) is 10.1 Å². The average molecular weight is 276 g/mol. The first-order chi connectivity index (χ1) is 8.36. The summed E-state index contributed by atoms with van der Waals surface area (Å²) in [7, 11) is 1.33. The molecule has 0 aliphatic carbocycles. The van der Waals surface area contributed by atoms with Crippen LogP contribution >= 0.6 is 11.8 Å². The van der Waals surface area contributed by atoms with E-state index in [0.29, 0.717) is 18.1 Å². The first kappa shape index (κ1) is 17.2. The van der Waals surface area contributed by atoms with Crippen LogP contribution in [0, 0.1) is 5.92 Å². The molecule has 0 radical (unpaired) electrons. The number of nitrogens with two attached hydrogens (primary N) is 1. The third-order valence-corrected chi connectivity index (χ3v) is 3.37. The molecule has 0 saturated carbocycles. The molecule has 18 heavy (non-hydrogen) atoms. The smallest absolute Gasteiger partial charge is 0.328 e. The van der Waals surface area contributed by atoms with Gasteiger partial charge in [-0.15, -0.1) is 0 Å². The molecule has 2 unspecified atom stereocenters. The largest absolute Gasteiger partial charge is 0.467 e. The van der Waals surface area contributed by atoms with Crippen molar-refractivity contribution in [2.75, 3.05) is 18.6 Å². The first-order valence-electron chi connectivity index (χ1n) is 6.07. The van der Waals surface area contributed by atoms with Crippen LogP contribution in [0.25, 0.3) is 0 Å². The van der Waals surface area contributed by atoms with Gasteiger partial charge in [-0.25, -0.2) is 4.79 Å². The van der Waals surface area contributed by atoms with Gasteiger partial charge in [0.1, 0.15) is 6.04 Å². The molecule has 0 aromatic carbocycles. The van der Waals surface area contributed by atoms with Crippen molar-refractivity contribution in [3.63, 3.8) is 0 Å².